The lowest BCUT2D eigenvalue weighted by Crippen LogP contribution is -2.44. The number of fused-ring (bicyclic) bond motifs is 1. The molecule has 0 bridgehead atoms. The summed E-state index contributed by atoms with van der Waals surface area (Å²) in [6, 6.07) is 16.4. The highest BCUT2D eigenvalue weighted by atomic mass is 16.2. The van der Waals surface area contributed by atoms with Crippen LogP contribution in [0.3, 0.4) is 0 Å². The first kappa shape index (κ1) is 15.3. The Kier molecular flexibility index (Phi) is 4.42. The van der Waals surface area contributed by atoms with Crippen molar-refractivity contribution in [1.29, 1.82) is 0 Å². The smallest absolute Gasteiger partial charge is 0.320 e. The number of rotatable bonds is 4. The first-order valence-electron chi connectivity index (χ1n) is 7.98. The molecule has 1 heterocycles. The lowest BCUT2D eigenvalue weighted by atomic mass is 10.1. The van der Waals surface area contributed by atoms with E-state index in [1.807, 2.05) is 36.4 Å². The molecule has 0 fully saturated rings. The average Bonchev–Trinajstić information content (AvgIpc) is 2.69. The summed E-state index contributed by atoms with van der Waals surface area (Å²) < 4.78 is 0. The Morgan fingerprint density at radius 2 is 1.65 bits per heavy atom. The zero-order valence-electron chi connectivity index (χ0n) is 13.2. The van der Waals surface area contributed by atoms with Crippen LogP contribution in [-0.2, 0) is 6.54 Å². The fourth-order valence-corrected chi connectivity index (χ4v) is 2.82. The minimum Gasteiger partial charge on any atom is -0.320 e. The molecule has 2 aromatic carbocycles. The van der Waals surface area contributed by atoms with Crippen LogP contribution in [0.2, 0.25) is 0 Å². The van der Waals surface area contributed by atoms with Crippen molar-refractivity contribution in [2.75, 3.05) is 11.4 Å². The van der Waals surface area contributed by atoms with Gasteiger partial charge >= 0.3 is 6.03 Å². The summed E-state index contributed by atoms with van der Waals surface area (Å²) in [5.74, 6) is -0.254. The Hall–Kier alpha value is -2.62. The summed E-state index contributed by atoms with van der Waals surface area (Å²) in [4.78, 5) is 29.0. The van der Waals surface area contributed by atoms with Gasteiger partial charge in [-0.25, -0.2) is 9.69 Å². The number of hydrogen-bond donors (Lipinski definition) is 0. The van der Waals surface area contributed by atoms with E-state index in [0.29, 0.717) is 24.3 Å². The first-order chi connectivity index (χ1) is 11.2. The second-order valence-electron chi connectivity index (χ2n) is 5.69. The molecular weight excluding hydrogens is 288 g/mol. The second kappa shape index (κ2) is 6.65. The molecule has 0 aliphatic carbocycles. The highest BCUT2D eigenvalue weighted by Gasteiger charge is 2.33. The zero-order valence-corrected chi connectivity index (χ0v) is 13.2. The Bertz CT molecular complexity index is 712. The topological polar surface area (TPSA) is 40.6 Å². The van der Waals surface area contributed by atoms with Gasteiger partial charge in [-0.2, -0.15) is 0 Å². The SMILES string of the molecule is CCCCN1Cc2ccccc2C(=O)N(c2ccccc2)C1=O. The maximum atomic E-state index is 13.0. The summed E-state index contributed by atoms with van der Waals surface area (Å²) in [6.45, 7) is 3.22. The minimum atomic E-state index is -0.254. The van der Waals surface area contributed by atoms with Crippen molar-refractivity contribution in [2.24, 2.45) is 0 Å². The van der Waals surface area contributed by atoms with Gasteiger partial charge in [0.2, 0.25) is 0 Å². The summed E-state index contributed by atoms with van der Waals surface area (Å²) in [7, 11) is 0. The van der Waals surface area contributed by atoms with E-state index in [1.165, 1.54) is 4.90 Å². The van der Waals surface area contributed by atoms with Crippen molar-refractivity contribution in [3.05, 3.63) is 65.7 Å². The fraction of sp³-hybridized carbons (Fsp3) is 0.263. The largest absolute Gasteiger partial charge is 0.331 e. The average molecular weight is 308 g/mol. The molecule has 0 saturated heterocycles. The van der Waals surface area contributed by atoms with Crippen LogP contribution in [0.4, 0.5) is 10.5 Å². The van der Waals surface area contributed by atoms with Crippen molar-refractivity contribution in [1.82, 2.24) is 4.90 Å². The number of anilines is 1. The van der Waals surface area contributed by atoms with Crippen molar-refractivity contribution in [3.63, 3.8) is 0 Å². The molecule has 4 heteroatoms. The van der Waals surface area contributed by atoms with Gasteiger partial charge in [-0.1, -0.05) is 49.7 Å². The lowest BCUT2D eigenvalue weighted by Gasteiger charge is -2.26. The summed E-state index contributed by atoms with van der Waals surface area (Å²) in [6.07, 6.45) is 1.93. The van der Waals surface area contributed by atoms with Crippen LogP contribution in [0.15, 0.2) is 54.6 Å². The molecule has 0 aromatic heterocycles. The number of unbranched alkanes of at least 4 members (excludes halogenated alkanes) is 1. The van der Waals surface area contributed by atoms with E-state index >= 15 is 0 Å². The van der Waals surface area contributed by atoms with E-state index in [9.17, 15) is 9.59 Å². The molecule has 118 valence electrons. The molecule has 4 nitrogen and oxygen atoms in total. The number of urea groups is 1. The lowest BCUT2D eigenvalue weighted by molar-refractivity contribution is 0.0991. The Labute approximate surface area is 136 Å². The number of hydrogen-bond acceptors (Lipinski definition) is 2. The van der Waals surface area contributed by atoms with Crippen LogP contribution < -0.4 is 4.90 Å². The predicted octanol–water partition coefficient (Wildman–Crippen LogP) is 4.07. The van der Waals surface area contributed by atoms with Gasteiger partial charge < -0.3 is 4.90 Å². The van der Waals surface area contributed by atoms with Crippen LogP contribution in [0.1, 0.15) is 35.7 Å². The molecule has 0 spiro atoms. The summed E-state index contributed by atoms with van der Waals surface area (Å²) in [5, 5.41) is 0. The highest BCUT2D eigenvalue weighted by molar-refractivity contribution is 6.21. The quantitative estimate of drug-likeness (QED) is 0.854. The van der Waals surface area contributed by atoms with Gasteiger partial charge in [-0.05, 0) is 30.2 Å². The molecule has 0 atom stereocenters. The van der Waals surface area contributed by atoms with Gasteiger partial charge in [0.25, 0.3) is 5.91 Å². The van der Waals surface area contributed by atoms with Crippen molar-refractivity contribution in [2.45, 2.75) is 26.3 Å². The van der Waals surface area contributed by atoms with E-state index < -0.39 is 0 Å². The van der Waals surface area contributed by atoms with Gasteiger partial charge in [0.05, 0.1) is 5.69 Å². The third-order valence-electron chi connectivity index (χ3n) is 4.07. The maximum Gasteiger partial charge on any atom is 0.331 e. The molecule has 0 unspecified atom stereocenters. The molecule has 0 N–H and O–H groups in total. The van der Waals surface area contributed by atoms with E-state index in [4.69, 9.17) is 0 Å². The normalized spacial score (nSPS) is 14.7. The molecule has 3 amide bonds. The monoisotopic (exact) mass is 308 g/mol. The first-order valence-corrected chi connectivity index (χ1v) is 7.98. The van der Waals surface area contributed by atoms with Gasteiger partial charge in [0, 0.05) is 18.7 Å². The molecule has 1 aliphatic rings. The Balaban J connectivity index is 2.06. The number of nitrogens with zero attached hydrogens (tertiary/aromatic N) is 2. The third-order valence-corrected chi connectivity index (χ3v) is 4.07. The maximum absolute atomic E-state index is 13.0. The van der Waals surface area contributed by atoms with E-state index in [0.717, 1.165) is 18.4 Å². The Morgan fingerprint density at radius 3 is 2.39 bits per heavy atom. The fourth-order valence-electron chi connectivity index (χ4n) is 2.82. The second-order valence-corrected chi connectivity index (χ2v) is 5.69. The molecule has 1 aliphatic heterocycles. The number of amides is 3. The number of carbonyl (C=O) groups is 2. The van der Waals surface area contributed by atoms with Crippen molar-refractivity contribution >= 4 is 17.6 Å². The van der Waals surface area contributed by atoms with Crippen LogP contribution in [0, 0.1) is 0 Å². The third kappa shape index (κ3) is 2.97. The highest BCUT2D eigenvalue weighted by Crippen LogP contribution is 2.25. The molecule has 3 rings (SSSR count). The number of benzene rings is 2. The molecule has 0 radical (unpaired) electrons. The van der Waals surface area contributed by atoms with E-state index in [1.54, 1.807) is 23.1 Å². The van der Waals surface area contributed by atoms with Gasteiger partial charge in [-0.3, -0.25) is 4.79 Å². The predicted molar refractivity (Wildman–Crippen MR) is 90.4 cm³/mol. The van der Waals surface area contributed by atoms with Crippen molar-refractivity contribution < 1.29 is 9.59 Å². The molecule has 23 heavy (non-hydrogen) atoms. The summed E-state index contributed by atoms with van der Waals surface area (Å²) in [5.41, 5.74) is 2.12. The number of carbonyl (C=O) groups excluding carboxylic acids is 2. The van der Waals surface area contributed by atoms with Crippen LogP contribution in [0.5, 0.6) is 0 Å². The minimum absolute atomic E-state index is 0.245. The zero-order chi connectivity index (χ0) is 16.2. The van der Waals surface area contributed by atoms with Gasteiger partial charge in [0.15, 0.2) is 0 Å². The van der Waals surface area contributed by atoms with Crippen molar-refractivity contribution in [3.8, 4) is 0 Å². The van der Waals surface area contributed by atoms with E-state index in [2.05, 4.69) is 6.92 Å². The van der Waals surface area contributed by atoms with Crippen LogP contribution >= 0.6 is 0 Å². The van der Waals surface area contributed by atoms with E-state index in [-0.39, 0.29) is 11.9 Å². The number of para-hydroxylation sites is 1. The standard InChI is InChI=1S/C19H20N2O2/c1-2-3-13-20-14-15-9-7-8-12-17(15)18(22)21(19(20)23)16-10-5-4-6-11-16/h4-12H,2-3,13-14H2,1H3. The number of imide groups is 1. The molecular formula is C19H20N2O2. The van der Waals surface area contributed by atoms with Crippen LogP contribution in [0.25, 0.3) is 0 Å². The summed E-state index contributed by atoms with van der Waals surface area (Å²) >= 11 is 0. The Morgan fingerprint density at radius 1 is 0.957 bits per heavy atom. The van der Waals surface area contributed by atoms with Crippen LogP contribution in [-0.4, -0.2) is 23.4 Å². The molecule has 0 saturated carbocycles. The molecule has 2 aromatic rings. The van der Waals surface area contributed by atoms with Gasteiger partial charge in [-0.15, -0.1) is 0 Å². The van der Waals surface area contributed by atoms with Gasteiger partial charge in [0.1, 0.15) is 0 Å².